The molecule has 1 N–H and O–H groups in total. The van der Waals surface area contributed by atoms with Gasteiger partial charge in [0.15, 0.2) is 8.07 Å². The zero-order valence-electron chi connectivity index (χ0n) is 12.0. The summed E-state index contributed by atoms with van der Waals surface area (Å²) in [4.78, 5) is 0. The lowest BCUT2D eigenvalue weighted by molar-refractivity contribution is 0.184. The maximum Gasteiger partial charge on any atom is 0.162 e. The van der Waals surface area contributed by atoms with Crippen LogP contribution in [0.5, 0.6) is 0 Å². The van der Waals surface area contributed by atoms with Crippen LogP contribution in [-0.2, 0) is 0 Å². The van der Waals surface area contributed by atoms with Gasteiger partial charge >= 0.3 is 0 Å². The van der Waals surface area contributed by atoms with Gasteiger partial charge in [0, 0.05) is 6.42 Å². The Morgan fingerprint density at radius 2 is 1.50 bits per heavy atom. The van der Waals surface area contributed by atoms with Crippen LogP contribution in [0.25, 0.3) is 0 Å². The highest BCUT2D eigenvalue weighted by molar-refractivity contribution is 6.96. The standard InChI is InChI=1S/C18H20OSi/c1-20(2,17-12-7-4-8-13-17)15-9-14-18(19)16-10-5-3-6-11-16/h3-8,10-13,18-19H,14H2,1-2H3. The molecule has 20 heavy (non-hydrogen) atoms. The molecule has 2 aromatic carbocycles. The number of hydrogen-bond donors (Lipinski definition) is 1. The molecule has 1 nitrogen and oxygen atoms in total. The van der Waals surface area contributed by atoms with Crippen LogP contribution in [0.15, 0.2) is 60.7 Å². The molecule has 0 heterocycles. The van der Waals surface area contributed by atoms with Gasteiger partial charge in [-0.2, -0.15) is 0 Å². The van der Waals surface area contributed by atoms with Gasteiger partial charge in [0.2, 0.25) is 0 Å². The summed E-state index contributed by atoms with van der Waals surface area (Å²) < 4.78 is 0. The Labute approximate surface area is 122 Å². The lowest BCUT2D eigenvalue weighted by Crippen LogP contribution is -2.39. The van der Waals surface area contributed by atoms with Crippen molar-refractivity contribution in [2.45, 2.75) is 25.6 Å². The van der Waals surface area contributed by atoms with Crippen LogP contribution in [0.3, 0.4) is 0 Å². The van der Waals surface area contributed by atoms with Crippen molar-refractivity contribution in [2.75, 3.05) is 0 Å². The lowest BCUT2D eigenvalue weighted by Gasteiger charge is -2.15. The number of benzene rings is 2. The first-order chi connectivity index (χ1) is 9.59. The Balaban J connectivity index is 2.04. The quantitative estimate of drug-likeness (QED) is 0.676. The van der Waals surface area contributed by atoms with Gasteiger partial charge in [-0.1, -0.05) is 73.8 Å². The predicted octanol–water partition coefficient (Wildman–Crippen LogP) is 3.27. The Kier molecular flexibility index (Phi) is 4.78. The van der Waals surface area contributed by atoms with Crippen molar-refractivity contribution >= 4 is 13.3 Å². The summed E-state index contributed by atoms with van der Waals surface area (Å²) in [6, 6.07) is 20.1. The minimum Gasteiger partial charge on any atom is -0.387 e. The van der Waals surface area contributed by atoms with Crippen molar-refractivity contribution in [1.29, 1.82) is 0 Å². The van der Waals surface area contributed by atoms with Gasteiger partial charge in [-0.05, 0) is 10.8 Å². The summed E-state index contributed by atoms with van der Waals surface area (Å²) in [5, 5.41) is 11.4. The molecule has 0 saturated heterocycles. The van der Waals surface area contributed by atoms with E-state index < -0.39 is 14.2 Å². The molecule has 1 atom stereocenters. The molecule has 0 aliphatic carbocycles. The molecule has 0 radical (unpaired) electrons. The second-order valence-electron chi connectivity index (χ2n) is 5.42. The second-order valence-corrected chi connectivity index (χ2v) is 9.50. The van der Waals surface area contributed by atoms with Crippen molar-refractivity contribution < 1.29 is 5.11 Å². The fourth-order valence-corrected chi connectivity index (χ4v) is 3.80. The lowest BCUT2D eigenvalue weighted by atomic mass is 10.1. The van der Waals surface area contributed by atoms with Gasteiger partial charge in [0.05, 0.1) is 6.10 Å². The van der Waals surface area contributed by atoms with E-state index in [1.165, 1.54) is 5.19 Å². The monoisotopic (exact) mass is 280 g/mol. The normalized spacial score (nSPS) is 12.3. The van der Waals surface area contributed by atoms with E-state index in [4.69, 9.17) is 0 Å². The van der Waals surface area contributed by atoms with E-state index >= 15 is 0 Å². The van der Waals surface area contributed by atoms with Gasteiger partial charge in [0.25, 0.3) is 0 Å². The van der Waals surface area contributed by atoms with E-state index in [9.17, 15) is 5.11 Å². The van der Waals surface area contributed by atoms with Crippen LogP contribution in [0, 0.1) is 11.5 Å². The Bertz CT molecular complexity index is 594. The van der Waals surface area contributed by atoms with Gasteiger partial charge in [0.1, 0.15) is 0 Å². The highest BCUT2D eigenvalue weighted by Crippen LogP contribution is 2.15. The maximum absolute atomic E-state index is 10.1. The summed E-state index contributed by atoms with van der Waals surface area (Å²) in [5.41, 5.74) is 4.34. The van der Waals surface area contributed by atoms with Crippen molar-refractivity contribution in [1.82, 2.24) is 0 Å². The highest BCUT2D eigenvalue weighted by atomic mass is 28.3. The fourth-order valence-electron chi connectivity index (χ4n) is 2.09. The molecule has 2 aromatic rings. The molecule has 1 unspecified atom stereocenters. The molecule has 0 aromatic heterocycles. The highest BCUT2D eigenvalue weighted by Gasteiger charge is 2.20. The fraction of sp³-hybridized carbons (Fsp3) is 0.222. The van der Waals surface area contributed by atoms with Gasteiger partial charge in [-0.3, -0.25) is 0 Å². The zero-order valence-corrected chi connectivity index (χ0v) is 13.0. The first-order valence-electron chi connectivity index (χ1n) is 6.88. The van der Waals surface area contributed by atoms with Crippen LogP contribution in [0.1, 0.15) is 18.1 Å². The third-order valence-electron chi connectivity index (χ3n) is 3.38. The summed E-state index contributed by atoms with van der Waals surface area (Å²) in [6.45, 7) is 4.48. The Hall–Kier alpha value is -1.82. The molecule has 2 rings (SSSR count). The van der Waals surface area contributed by atoms with E-state index in [1.54, 1.807) is 0 Å². The van der Waals surface area contributed by atoms with Crippen molar-refractivity contribution in [3.8, 4) is 11.5 Å². The zero-order chi connectivity index (χ0) is 14.4. The molecule has 0 aliphatic heterocycles. The average molecular weight is 280 g/mol. The molecule has 102 valence electrons. The van der Waals surface area contributed by atoms with Crippen molar-refractivity contribution in [3.63, 3.8) is 0 Å². The third kappa shape index (κ3) is 3.83. The topological polar surface area (TPSA) is 20.2 Å². The molecule has 0 saturated carbocycles. The summed E-state index contributed by atoms with van der Waals surface area (Å²) in [5.74, 6) is 3.18. The molecule has 0 bridgehead atoms. The van der Waals surface area contributed by atoms with Crippen LogP contribution in [0.4, 0.5) is 0 Å². The van der Waals surface area contributed by atoms with Crippen molar-refractivity contribution in [2.24, 2.45) is 0 Å². The minimum atomic E-state index is -1.72. The molecule has 0 fully saturated rings. The number of rotatable bonds is 3. The number of aliphatic hydroxyl groups is 1. The van der Waals surface area contributed by atoms with E-state index in [0.717, 1.165) is 5.56 Å². The number of aliphatic hydroxyl groups excluding tert-OH is 1. The smallest absolute Gasteiger partial charge is 0.162 e. The van der Waals surface area contributed by atoms with E-state index in [1.807, 2.05) is 36.4 Å². The van der Waals surface area contributed by atoms with E-state index in [-0.39, 0.29) is 0 Å². The molecular weight excluding hydrogens is 260 g/mol. The van der Waals surface area contributed by atoms with E-state index in [2.05, 4.69) is 48.8 Å². The van der Waals surface area contributed by atoms with Gasteiger partial charge in [-0.15, -0.1) is 11.5 Å². The SMILES string of the molecule is C[Si](C)(C#CCC(O)c1ccccc1)c1ccccc1. The Morgan fingerprint density at radius 1 is 0.950 bits per heavy atom. The largest absolute Gasteiger partial charge is 0.387 e. The Morgan fingerprint density at radius 3 is 2.10 bits per heavy atom. The maximum atomic E-state index is 10.1. The van der Waals surface area contributed by atoms with Crippen LogP contribution >= 0.6 is 0 Å². The minimum absolute atomic E-state index is 0.493. The summed E-state index contributed by atoms with van der Waals surface area (Å²) in [6.07, 6.45) is -0.00271. The number of hydrogen-bond acceptors (Lipinski definition) is 1. The molecule has 0 spiro atoms. The molecule has 2 heteroatoms. The molecular formula is C18H20OSi. The second kappa shape index (κ2) is 6.56. The van der Waals surface area contributed by atoms with Crippen LogP contribution in [0.2, 0.25) is 13.1 Å². The van der Waals surface area contributed by atoms with Crippen LogP contribution < -0.4 is 5.19 Å². The van der Waals surface area contributed by atoms with Gasteiger partial charge in [-0.25, -0.2) is 0 Å². The first-order valence-corrected chi connectivity index (χ1v) is 9.88. The third-order valence-corrected chi connectivity index (χ3v) is 5.95. The summed E-state index contributed by atoms with van der Waals surface area (Å²) in [7, 11) is -1.72. The van der Waals surface area contributed by atoms with Crippen molar-refractivity contribution in [3.05, 3.63) is 66.2 Å². The van der Waals surface area contributed by atoms with E-state index in [0.29, 0.717) is 6.42 Å². The average Bonchev–Trinajstić information content (AvgIpc) is 2.49. The van der Waals surface area contributed by atoms with Gasteiger partial charge < -0.3 is 5.11 Å². The molecule has 0 amide bonds. The first kappa shape index (κ1) is 14.6. The van der Waals surface area contributed by atoms with Crippen LogP contribution in [-0.4, -0.2) is 13.2 Å². The molecule has 0 aliphatic rings. The predicted molar refractivity (Wildman–Crippen MR) is 87.4 cm³/mol. The summed E-state index contributed by atoms with van der Waals surface area (Å²) >= 11 is 0.